The molecule has 0 saturated heterocycles. The first-order valence-corrected chi connectivity index (χ1v) is 5.14. The number of rotatable bonds is 0. The van der Waals surface area contributed by atoms with Crippen molar-refractivity contribution in [3.05, 3.63) is 33.8 Å². The third-order valence-electron chi connectivity index (χ3n) is 2.41. The molecule has 0 aliphatic carbocycles. The van der Waals surface area contributed by atoms with E-state index in [-0.39, 0.29) is 12.1 Å². The van der Waals surface area contributed by atoms with Crippen LogP contribution in [0.25, 0.3) is 0 Å². The van der Waals surface area contributed by atoms with Crippen LogP contribution in [0.15, 0.2) is 22.7 Å². The minimum Gasteiger partial charge on any atom is -0.372 e. The van der Waals surface area contributed by atoms with E-state index in [4.69, 9.17) is 10.5 Å². The molecule has 2 unspecified atom stereocenters. The molecule has 0 amide bonds. The predicted molar refractivity (Wildman–Crippen MR) is 55.4 cm³/mol. The average molecular weight is 242 g/mol. The van der Waals surface area contributed by atoms with Crippen LogP contribution in [0.2, 0.25) is 0 Å². The largest absolute Gasteiger partial charge is 0.372 e. The van der Waals surface area contributed by atoms with Gasteiger partial charge in [-0.05, 0) is 30.2 Å². The maximum Gasteiger partial charge on any atom is 0.0801 e. The zero-order valence-corrected chi connectivity index (χ0v) is 9.04. The van der Waals surface area contributed by atoms with Crippen molar-refractivity contribution in [3.63, 3.8) is 0 Å². The van der Waals surface area contributed by atoms with Gasteiger partial charge in [-0.3, -0.25) is 0 Å². The molecule has 2 rings (SSSR count). The summed E-state index contributed by atoms with van der Waals surface area (Å²) in [6, 6.07) is 6.21. The highest BCUT2D eigenvalue weighted by Gasteiger charge is 2.22. The highest BCUT2D eigenvalue weighted by molar-refractivity contribution is 9.10. The molecule has 3 heteroatoms. The zero-order valence-electron chi connectivity index (χ0n) is 7.46. The number of halogens is 1. The molecule has 0 bridgehead atoms. The van der Waals surface area contributed by atoms with Gasteiger partial charge in [0.25, 0.3) is 0 Å². The summed E-state index contributed by atoms with van der Waals surface area (Å²) in [6.45, 7) is 2.67. The highest BCUT2D eigenvalue weighted by atomic mass is 79.9. The fourth-order valence-corrected chi connectivity index (χ4v) is 2.04. The standard InChI is InChI=1S/C10H12BrNO/c1-6-9-4-7(11)2-3-8(9)10(12)5-13-6/h2-4,6,10H,5,12H2,1H3. The topological polar surface area (TPSA) is 35.2 Å². The molecule has 70 valence electrons. The Morgan fingerprint density at radius 2 is 2.23 bits per heavy atom. The van der Waals surface area contributed by atoms with E-state index in [1.165, 1.54) is 11.1 Å². The van der Waals surface area contributed by atoms with Crippen molar-refractivity contribution >= 4 is 15.9 Å². The average Bonchev–Trinajstić information content (AvgIpc) is 2.12. The molecule has 1 aliphatic heterocycles. The third-order valence-corrected chi connectivity index (χ3v) is 2.91. The maximum atomic E-state index is 5.92. The molecule has 0 radical (unpaired) electrons. The molecule has 1 aliphatic rings. The van der Waals surface area contributed by atoms with Crippen molar-refractivity contribution < 1.29 is 4.74 Å². The molecule has 2 atom stereocenters. The number of fused-ring (bicyclic) bond motifs is 1. The Kier molecular flexibility index (Phi) is 2.41. The van der Waals surface area contributed by atoms with Crippen molar-refractivity contribution in [2.45, 2.75) is 19.1 Å². The number of benzene rings is 1. The van der Waals surface area contributed by atoms with Crippen LogP contribution in [0.3, 0.4) is 0 Å². The molecule has 0 spiro atoms. The van der Waals surface area contributed by atoms with E-state index in [0.29, 0.717) is 6.61 Å². The lowest BCUT2D eigenvalue weighted by atomic mass is 9.95. The number of hydrogen-bond donors (Lipinski definition) is 1. The molecule has 2 N–H and O–H groups in total. The van der Waals surface area contributed by atoms with E-state index in [1.807, 2.05) is 6.07 Å². The molecule has 0 fully saturated rings. The Labute approximate surface area is 86.2 Å². The summed E-state index contributed by atoms with van der Waals surface area (Å²) < 4.78 is 6.61. The van der Waals surface area contributed by atoms with Crippen molar-refractivity contribution in [2.24, 2.45) is 5.73 Å². The molecular weight excluding hydrogens is 230 g/mol. The number of nitrogens with two attached hydrogens (primary N) is 1. The van der Waals surface area contributed by atoms with E-state index in [2.05, 4.69) is 35.0 Å². The van der Waals surface area contributed by atoms with E-state index >= 15 is 0 Å². The van der Waals surface area contributed by atoms with Gasteiger partial charge in [-0.2, -0.15) is 0 Å². The minimum absolute atomic E-state index is 0.0271. The normalized spacial score (nSPS) is 27.0. The van der Waals surface area contributed by atoms with Crippen molar-refractivity contribution in [1.82, 2.24) is 0 Å². The van der Waals surface area contributed by atoms with Gasteiger partial charge < -0.3 is 10.5 Å². The second-order valence-electron chi connectivity index (χ2n) is 3.36. The van der Waals surface area contributed by atoms with Crippen LogP contribution in [-0.4, -0.2) is 6.61 Å². The first kappa shape index (κ1) is 9.19. The summed E-state index contributed by atoms with van der Waals surface area (Å²) in [5.41, 5.74) is 8.33. The number of hydrogen-bond acceptors (Lipinski definition) is 2. The van der Waals surface area contributed by atoms with E-state index in [1.54, 1.807) is 0 Å². The second-order valence-corrected chi connectivity index (χ2v) is 4.27. The Morgan fingerprint density at radius 3 is 3.00 bits per heavy atom. The zero-order chi connectivity index (χ0) is 9.42. The van der Waals surface area contributed by atoms with Crippen LogP contribution in [0.4, 0.5) is 0 Å². The lowest BCUT2D eigenvalue weighted by molar-refractivity contribution is 0.0407. The van der Waals surface area contributed by atoms with Crippen molar-refractivity contribution in [3.8, 4) is 0 Å². The van der Waals surface area contributed by atoms with Crippen molar-refractivity contribution in [2.75, 3.05) is 6.61 Å². The third kappa shape index (κ3) is 1.64. The Balaban J connectivity index is 2.50. The van der Waals surface area contributed by atoms with Crippen LogP contribution in [-0.2, 0) is 4.74 Å². The predicted octanol–water partition coefficient (Wildman–Crippen LogP) is 2.54. The fraction of sp³-hybridized carbons (Fsp3) is 0.400. The molecule has 2 nitrogen and oxygen atoms in total. The minimum atomic E-state index is 0.0271. The van der Waals surface area contributed by atoms with E-state index in [0.717, 1.165) is 4.47 Å². The van der Waals surface area contributed by atoms with Gasteiger partial charge in [-0.1, -0.05) is 22.0 Å². The highest BCUT2D eigenvalue weighted by Crippen LogP contribution is 2.32. The van der Waals surface area contributed by atoms with Gasteiger partial charge in [0.05, 0.1) is 18.8 Å². The molecule has 0 saturated carbocycles. The summed E-state index contributed by atoms with van der Waals surface area (Å²) in [6.07, 6.45) is 0.160. The van der Waals surface area contributed by atoms with E-state index in [9.17, 15) is 0 Å². The molecule has 13 heavy (non-hydrogen) atoms. The first-order valence-electron chi connectivity index (χ1n) is 4.35. The summed E-state index contributed by atoms with van der Waals surface area (Å²) in [5.74, 6) is 0. The lowest BCUT2D eigenvalue weighted by Crippen LogP contribution is -2.25. The molecule has 1 heterocycles. The van der Waals surface area contributed by atoms with E-state index < -0.39 is 0 Å². The first-order chi connectivity index (χ1) is 6.18. The SMILES string of the molecule is CC1OCC(N)c2ccc(Br)cc21. The molecule has 1 aromatic carbocycles. The Morgan fingerprint density at radius 1 is 1.46 bits per heavy atom. The lowest BCUT2D eigenvalue weighted by Gasteiger charge is -2.27. The van der Waals surface area contributed by atoms with Crippen LogP contribution >= 0.6 is 15.9 Å². The number of ether oxygens (including phenoxy) is 1. The van der Waals surface area contributed by atoms with Gasteiger partial charge in [0, 0.05) is 4.47 Å². The Hall–Kier alpha value is -0.380. The summed E-state index contributed by atoms with van der Waals surface area (Å²) in [7, 11) is 0. The fourth-order valence-electron chi connectivity index (χ4n) is 1.66. The van der Waals surface area contributed by atoms with Gasteiger partial charge in [0.2, 0.25) is 0 Å². The van der Waals surface area contributed by atoms with Crippen LogP contribution < -0.4 is 5.73 Å². The van der Waals surface area contributed by atoms with Gasteiger partial charge in [0.1, 0.15) is 0 Å². The smallest absolute Gasteiger partial charge is 0.0801 e. The molecular formula is C10H12BrNO. The second kappa shape index (κ2) is 3.40. The van der Waals surface area contributed by atoms with Crippen LogP contribution in [0.1, 0.15) is 30.2 Å². The molecule has 0 aromatic heterocycles. The molecule has 1 aromatic rings. The van der Waals surface area contributed by atoms with Crippen LogP contribution in [0, 0.1) is 0 Å². The summed E-state index contributed by atoms with van der Waals surface area (Å²) in [4.78, 5) is 0. The monoisotopic (exact) mass is 241 g/mol. The summed E-state index contributed by atoms with van der Waals surface area (Å²) in [5, 5.41) is 0. The van der Waals surface area contributed by atoms with Gasteiger partial charge in [-0.25, -0.2) is 0 Å². The van der Waals surface area contributed by atoms with Gasteiger partial charge in [-0.15, -0.1) is 0 Å². The van der Waals surface area contributed by atoms with Crippen LogP contribution in [0.5, 0.6) is 0 Å². The quantitative estimate of drug-likeness (QED) is 0.758. The maximum absolute atomic E-state index is 5.92. The Bertz CT molecular complexity index is 327. The van der Waals surface area contributed by atoms with Crippen molar-refractivity contribution in [1.29, 1.82) is 0 Å². The summed E-state index contributed by atoms with van der Waals surface area (Å²) >= 11 is 3.44. The van der Waals surface area contributed by atoms with Gasteiger partial charge in [0.15, 0.2) is 0 Å². The van der Waals surface area contributed by atoms with Gasteiger partial charge >= 0.3 is 0 Å².